The first-order valence-corrected chi connectivity index (χ1v) is 4.25. The van der Waals surface area contributed by atoms with Crippen molar-refractivity contribution in [2.24, 2.45) is 0 Å². The number of carboxylic acids is 1. The first-order valence-electron chi connectivity index (χ1n) is 4.25. The second-order valence-electron chi connectivity index (χ2n) is 2.90. The zero-order valence-corrected chi connectivity index (χ0v) is 7.93. The highest BCUT2D eigenvalue weighted by molar-refractivity contribution is 5.86. The molecule has 0 radical (unpaired) electrons. The molecule has 1 unspecified atom stereocenters. The predicted octanol–water partition coefficient (Wildman–Crippen LogP) is 2.09. The van der Waals surface area contributed by atoms with E-state index in [1.807, 2.05) is 18.2 Å². The summed E-state index contributed by atoms with van der Waals surface area (Å²) in [5, 5.41) is 8.65. The lowest BCUT2D eigenvalue weighted by Crippen LogP contribution is -2.19. The van der Waals surface area contributed by atoms with E-state index in [0.29, 0.717) is 5.75 Å². The van der Waals surface area contributed by atoms with Gasteiger partial charge in [0.2, 0.25) is 0 Å². The first-order chi connectivity index (χ1) is 6.61. The van der Waals surface area contributed by atoms with Crippen molar-refractivity contribution in [3.05, 3.63) is 42.5 Å². The fraction of sp³-hybridized carbons (Fsp3) is 0.182. The normalized spacial score (nSPS) is 11.8. The molecule has 0 aliphatic rings. The quantitative estimate of drug-likeness (QED) is 0.743. The Morgan fingerprint density at radius 1 is 1.43 bits per heavy atom. The summed E-state index contributed by atoms with van der Waals surface area (Å²) in [5.74, 6) is -0.393. The number of hydrogen-bond acceptors (Lipinski definition) is 2. The Morgan fingerprint density at radius 2 is 2.00 bits per heavy atom. The van der Waals surface area contributed by atoms with Crippen LogP contribution >= 0.6 is 0 Å². The molecule has 1 N–H and O–H groups in total. The third-order valence-corrected chi connectivity index (χ3v) is 1.82. The molecule has 0 aromatic heterocycles. The fourth-order valence-electron chi connectivity index (χ4n) is 0.948. The van der Waals surface area contributed by atoms with Crippen LogP contribution < -0.4 is 4.74 Å². The van der Waals surface area contributed by atoms with E-state index >= 15 is 0 Å². The van der Waals surface area contributed by atoms with Gasteiger partial charge in [0.1, 0.15) is 11.9 Å². The summed E-state index contributed by atoms with van der Waals surface area (Å²) in [7, 11) is 0. The molecule has 0 aliphatic heterocycles. The number of ether oxygens (including phenoxy) is 1. The third-order valence-electron chi connectivity index (χ3n) is 1.82. The van der Waals surface area contributed by atoms with Gasteiger partial charge in [-0.15, -0.1) is 0 Å². The van der Waals surface area contributed by atoms with Gasteiger partial charge in [-0.25, -0.2) is 4.79 Å². The predicted molar refractivity (Wildman–Crippen MR) is 53.3 cm³/mol. The van der Waals surface area contributed by atoms with Gasteiger partial charge in [-0.2, -0.15) is 0 Å². The molecule has 1 rings (SSSR count). The van der Waals surface area contributed by atoms with Gasteiger partial charge in [-0.1, -0.05) is 24.8 Å². The molecule has 0 saturated heterocycles. The van der Waals surface area contributed by atoms with E-state index in [4.69, 9.17) is 9.84 Å². The minimum Gasteiger partial charge on any atom is -0.486 e. The molecule has 3 heteroatoms. The summed E-state index contributed by atoms with van der Waals surface area (Å²) in [6.45, 7) is 5.08. The van der Waals surface area contributed by atoms with E-state index in [1.54, 1.807) is 19.1 Å². The largest absolute Gasteiger partial charge is 0.486 e. The molecule has 0 amide bonds. The van der Waals surface area contributed by atoms with Crippen molar-refractivity contribution in [2.75, 3.05) is 0 Å². The Kier molecular flexibility index (Phi) is 3.29. The minimum atomic E-state index is -1.03. The van der Waals surface area contributed by atoms with Crippen LogP contribution in [0, 0.1) is 0 Å². The van der Waals surface area contributed by atoms with Crippen molar-refractivity contribution in [3.63, 3.8) is 0 Å². The van der Waals surface area contributed by atoms with Gasteiger partial charge in [0.15, 0.2) is 0 Å². The average Bonchev–Trinajstić information content (AvgIpc) is 2.18. The van der Waals surface area contributed by atoms with Crippen LogP contribution in [0.5, 0.6) is 5.75 Å². The molecule has 0 aliphatic carbocycles. The summed E-state index contributed by atoms with van der Waals surface area (Å²) >= 11 is 0. The van der Waals surface area contributed by atoms with Crippen molar-refractivity contribution in [1.29, 1.82) is 0 Å². The molecule has 0 fully saturated rings. The van der Waals surface area contributed by atoms with E-state index in [2.05, 4.69) is 6.58 Å². The highest BCUT2D eigenvalue weighted by Gasteiger charge is 2.14. The molecule has 1 aromatic rings. The van der Waals surface area contributed by atoms with Crippen LogP contribution in [0.15, 0.2) is 42.5 Å². The second-order valence-corrected chi connectivity index (χ2v) is 2.90. The van der Waals surface area contributed by atoms with Gasteiger partial charge >= 0.3 is 5.97 Å². The van der Waals surface area contributed by atoms with Gasteiger partial charge < -0.3 is 9.84 Å². The summed E-state index contributed by atoms with van der Waals surface area (Å²) < 4.78 is 5.36. The average molecular weight is 192 g/mol. The van der Waals surface area contributed by atoms with E-state index in [1.165, 1.54) is 0 Å². The molecule has 0 spiro atoms. The number of benzene rings is 1. The highest BCUT2D eigenvalue weighted by Crippen LogP contribution is 2.13. The van der Waals surface area contributed by atoms with Crippen LogP contribution in [0.4, 0.5) is 0 Å². The SMILES string of the molecule is C=C(C(=O)O)C(C)Oc1ccccc1. The Morgan fingerprint density at radius 3 is 2.50 bits per heavy atom. The summed E-state index contributed by atoms with van der Waals surface area (Å²) in [6, 6.07) is 9.05. The Bertz CT molecular complexity index is 330. The minimum absolute atomic E-state index is 0.0499. The molecule has 14 heavy (non-hydrogen) atoms. The number of hydrogen-bond donors (Lipinski definition) is 1. The van der Waals surface area contributed by atoms with E-state index in [9.17, 15) is 4.79 Å². The Labute approximate surface area is 82.6 Å². The maximum absolute atomic E-state index is 10.6. The molecule has 0 heterocycles. The zero-order chi connectivity index (χ0) is 10.6. The smallest absolute Gasteiger partial charge is 0.334 e. The third kappa shape index (κ3) is 2.62. The van der Waals surface area contributed by atoms with Crippen molar-refractivity contribution < 1.29 is 14.6 Å². The van der Waals surface area contributed by atoms with Gasteiger partial charge in [0.25, 0.3) is 0 Å². The van der Waals surface area contributed by atoms with Crippen LogP contribution in [0.1, 0.15) is 6.92 Å². The van der Waals surface area contributed by atoms with Crippen molar-refractivity contribution in [1.82, 2.24) is 0 Å². The van der Waals surface area contributed by atoms with Crippen LogP contribution in [0.25, 0.3) is 0 Å². The first kappa shape index (κ1) is 10.3. The fourth-order valence-corrected chi connectivity index (χ4v) is 0.948. The van der Waals surface area contributed by atoms with Crippen LogP contribution in [0.2, 0.25) is 0 Å². The summed E-state index contributed by atoms with van der Waals surface area (Å²) in [5.41, 5.74) is 0.0499. The second kappa shape index (κ2) is 4.46. The summed E-state index contributed by atoms with van der Waals surface area (Å²) in [6.07, 6.45) is -0.519. The Balaban J connectivity index is 2.62. The van der Waals surface area contributed by atoms with Crippen LogP contribution in [0.3, 0.4) is 0 Å². The van der Waals surface area contributed by atoms with Gasteiger partial charge in [-0.3, -0.25) is 0 Å². The molecule has 0 saturated carbocycles. The molecule has 1 atom stereocenters. The summed E-state index contributed by atoms with van der Waals surface area (Å²) in [4.78, 5) is 10.6. The lowest BCUT2D eigenvalue weighted by Gasteiger charge is -2.13. The molecule has 74 valence electrons. The maximum Gasteiger partial charge on any atom is 0.334 e. The lowest BCUT2D eigenvalue weighted by atomic mass is 10.2. The van der Waals surface area contributed by atoms with Crippen molar-refractivity contribution in [2.45, 2.75) is 13.0 Å². The van der Waals surface area contributed by atoms with E-state index in [-0.39, 0.29) is 5.57 Å². The number of rotatable bonds is 4. The monoisotopic (exact) mass is 192 g/mol. The van der Waals surface area contributed by atoms with Crippen LogP contribution in [-0.4, -0.2) is 17.2 Å². The number of carbonyl (C=O) groups is 1. The molecule has 1 aromatic carbocycles. The number of para-hydroxylation sites is 1. The van der Waals surface area contributed by atoms with Gasteiger partial charge in [0.05, 0.1) is 5.57 Å². The Hall–Kier alpha value is -1.77. The zero-order valence-electron chi connectivity index (χ0n) is 7.93. The highest BCUT2D eigenvalue weighted by atomic mass is 16.5. The van der Waals surface area contributed by atoms with E-state index in [0.717, 1.165) is 0 Å². The lowest BCUT2D eigenvalue weighted by molar-refractivity contribution is -0.133. The molecular formula is C11H12O3. The maximum atomic E-state index is 10.6. The molecule has 0 bridgehead atoms. The molecule has 3 nitrogen and oxygen atoms in total. The number of aliphatic carboxylic acids is 1. The van der Waals surface area contributed by atoms with Gasteiger partial charge in [0, 0.05) is 0 Å². The molecular weight excluding hydrogens is 180 g/mol. The standard InChI is InChI=1S/C11H12O3/c1-8(11(12)13)9(2)14-10-6-4-3-5-7-10/h3-7,9H,1H2,2H3,(H,12,13). The van der Waals surface area contributed by atoms with Crippen molar-refractivity contribution >= 4 is 5.97 Å². The topological polar surface area (TPSA) is 46.5 Å². The van der Waals surface area contributed by atoms with E-state index < -0.39 is 12.1 Å². The van der Waals surface area contributed by atoms with Crippen molar-refractivity contribution in [3.8, 4) is 5.75 Å². The van der Waals surface area contributed by atoms with Crippen LogP contribution in [-0.2, 0) is 4.79 Å². The van der Waals surface area contributed by atoms with Gasteiger partial charge in [-0.05, 0) is 19.1 Å². The number of carboxylic acid groups (broad SMARTS) is 1.